The number of benzene rings is 1. The zero-order chi connectivity index (χ0) is 13.9. The number of nitro benzene ring substituents is 1. The van der Waals surface area contributed by atoms with Gasteiger partial charge in [0.05, 0.1) is 4.92 Å². The van der Waals surface area contributed by atoms with Gasteiger partial charge in [-0.15, -0.1) is 0 Å². The predicted molar refractivity (Wildman–Crippen MR) is 64.9 cm³/mol. The van der Waals surface area contributed by atoms with Gasteiger partial charge in [0.2, 0.25) is 0 Å². The van der Waals surface area contributed by atoms with Gasteiger partial charge in [0.15, 0.2) is 0 Å². The highest BCUT2D eigenvalue weighted by molar-refractivity contribution is 5.98. The van der Waals surface area contributed by atoms with Crippen LogP contribution in [-0.2, 0) is 0 Å². The third-order valence-corrected chi connectivity index (χ3v) is 2.37. The molecule has 0 fully saturated rings. The Morgan fingerprint density at radius 3 is 2.61 bits per heavy atom. The van der Waals surface area contributed by atoms with E-state index in [1.54, 1.807) is 0 Å². The lowest BCUT2D eigenvalue weighted by Crippen LogP contribution is -2.30. The second kappa shape index (κ2) is 5.57. The molecule has 1 aromatic rings. The van der Waals surface area contributed by atoms with Gasteiger partial charge < -0.3 is 4.90 Å². The summed E-state index contributed by atoms with van der Waals surface area (Å²) in [6.45, 7) is 4.29. The molecular formula is C12H15FN2O3. The number of carbonyl (C=O) groups is 1. The van der Waals surface area contributed by atoms with Crippen molar-refractivity contribution < 1.29 is 14.1 Å². The van der Waals surface area contributed by atoms with Crippen molar-refractivity contribution in [2.45, 2.75) is 13.8 Å². The first-order valence-corrected chi connectivity index (χ1v) is 5.52. The number of hydrogen-bond acceptors (Lipinski definition) is 3. The molecule has 0 aromatic heterocycles. The minimum absolute atomic E-state index is 0.219. The second-order valence-corrected chi connectivity index (χ2v) is 4.50. The topological polar surface area (TPSA) is 63.5 Å². The molecule has 5 nitrogen and oxygen atoms in total. The van der Waals surface area contributed by atoms with Crippen LogP contribution >= 0.6 is 0 Å². The molecule has 0 N–H and O–H groups in total. The molecule has 0 unspecified atom stereocenters. The van der Waals surface area contributed by atoms with Crippen LogP contribution in [0, 0.1) is 21.8 Å². The molecule has 1 amide bonds. The summed E-state index contributed by atoms with van der Waals surface area (Å²) in [7, 11) is 1.54. The number of amides is 1. The lowest BCUT2D eigenvalue weighted by atomic mass is 10.1. The van der Waals surface area contributed by atoms with E-state index in [0.29, 0.717) is 6.54 Å². The molecule has 6 heteroatoms. The van der Waals surface area contributed by atoms with E-state index < -0.39 is 16.6 Å². The molecule has 0 heterocycles. The van der Waals surface area contributed by atoms with E-state index in [0.717, 1.165) is 18.2 Å². The van der Waals surface area contributed by atoms with Crippen molar-refractivity contribution in [1.82, 2.24) is 4.90 Å². The van der Waals surface area contributed by atoms with Gasteiger partial charge in [-0.2, -0.15) is 0 Å². The third kappa shape index (κ3) is 3.26. The first kappa shape index (κ1) is 14.1. The van der Waals surface area contributed by atoms with E-state index in [1.165, 1.54) is 11.9 Å². The Kier molecular flexibility index (Phi) is 4.36. The Morgan fingerprint density at radius 1 is 1.50 bits per heavy atom. The van der Waals surface area contributed by atoms with Crippen molar-refractivity contribution in [2.24, 2.45) is 5.92 Å². The standard InChI is InChI=1S/C12H15FN2O3/c1-8(2)7-14(3)12(16)10-6-9(13)4-5-11(10)15(17)18/h4-6,8H,7H2,1-3H3. The van der Waals surface area contributed by atoms with Crippen molar-refractivity contribution in [2.75, 3.05) is 13.6 Å². The average molecular weight is 254 g/mol. The molecular weight excluding hydrogens is 239 g/mol. The van der Waals surface area contributed by atoms with Gasteiger partial charge in [-0.05, 0) is 18.1 Å². The maximum absolute atomic E-state index is 13.1. The van der Waals surface area contributed by atoms with E-state index in [-0.39, 0.29) is 17.2 Å². The quantitative estimate of drug-likeness (QED) is 0.612. The number of carbonyl (C=O) groups excluding carboxylic acids is 1. The van der Waals surface area contributed by atoms with Gasteiger partial charge in [0.1, 0.15) is 11.4 Å². The van der Waals surface area contributed by atoms with Crippen LogP contribution in [-0.4, -0.2) is 29.3 Å². The molecule has 1 aromatic carbocycles. The average Bonchev–Trinajstić information content (AvgIpc) is 2.26. The van der Waals surface area contributed by atoms with Crippen LogP contribution in [0.1, 0.15) is 24.2 Å². The minimum atomic E-state index is -0.685. The summed E-state index contributed by atoms with van der Waals surface area (Å²) in [5.41, 5.74) is -0.597. The Hall–Kier alpha value is -1.98. The van der Waals surface area contributed by atoms with Crippen LogP contribution in [0.3, 0.4) is 0 Å². The number of hydrogen-bond donors (Lipinski definition) is 0. The number of nitrogens with zero attached hydrogens (tertiary/aromatic N) is 2. The molecule has 0 spiro atoms. The molecule has 1 rings (SSSR count). The van der Waals surface area contributed by atoms with Gasteiger partial charge in [0.25, 0.3) is 11.6 Å². The van der Waals surface area contributed by atoms with Gasteiger partial charge in [-0.1, -0.05) is 13.8 Å². The molecule has 0 atom stereocenters. The van der Waals surface area contributed by atoms with Crippen LogP contribution in [0.5, 0.6) is 0 Å². The Morgan fingerprint density at radius 2 is 2.11 bits per heavy atom. The SMILES string of the molecule is CC(C)CN(C)C(=O)c1cc(F)ccc1[N+](=O)[O-]. The molecule has 0 saturated carbocycles. The summed E-state index contributed by atoms with van der Waals surface area (Å²) < 4.78 is 13.1. The fourth-order valence-corrected chi connectivity index (χ4v) is 1.68. The van der Waals surface area contributed by atoms with Crippen LogP contribution in [0.15, 0.2) is 18.2 Å². The highest BCUT2D eigenvalue weighted by Crippen LogP contribution is 2.21. The number of nitro groups is 1. The molecule has 0 saturated heterocycles. The molecule has 0 radical (unpaired) electrons. The summed E-state index contributed by atoms with van der Waals surface area (Å²) in [6.07, 6.45) is 0. The van der Waals surface area contributed by atoms with Crippen LogP contribution in [0.4, 0.5) is 10.1 Å². The Labute approximate surface area is 104 Å². The van der Waals surface area contributed by atoms with Crippen molar-refractivity contribution in [1.29, 1.82) is 0 Å². The summed E-state index contributed by atoms with van der Waals surface area (Å²) in [5.74, 6) is -0.983. The van der Waals surface area contributed by atoms with Gasteiger partial charge in [-0.25, -0.2) is 4.39 Å². The summed E-state index contributed by atoms with van der Waals surface area (Å²) in [5, 5.41) is 10.8. The largest absolute Gasteiger partial charge is 0.341 e. The highest BCUT2D eigenvalue weighted by atomic mass is 19.1. The summed E-state index contributed by atoms with van der Waals surface area (Å²) in [6, 6.07) is 2.88. The lowest BCUT2D eigenvalue weighted by molar-refractivity contribution is -0.385. The van der Waals surface area contributed by atoms with Gasteiger partial charge in [-0.3, -0.25) is 14.9 Å². The number of halogens is 1. The summed E-state index contributed by atoms with van der Waals surface area (Å²) >= 11 is 0. The molecule has 18 heavy (non-hydrogen) atoms. The van der Waals surface area contributed by atoms with Gasteiger partial charge in [0, 0.05) is 19.7 Å². The fraction of sp³-hybridized carbons (Fsp3) is 0.417. The maximum atomic E-state index is 13.1. The van der Waals surface area contributed by atoms with Crippen molar-refractivity contribution in [3.8, 4) is 0 Å². The predicted octanol–water partition coefficient (Wildman–Crippen LogP) is 2.46. The first-order chi connectivity index (χ1) is 8.32. The van der Waals surface area contributed by atoms with Crippen molar-refractivity contribution >= 4 is 11.6 Å². The van der Waals surface area contributed by atoms with Crippen LogP contribution in [0.2, 0.25) is 0 Å². The Balaban J connectivity index is 3.11. The molecule has 0 aliphatic rings. The first-order valence-electron chi connectivity index (χ1n) is 5.52. The molecule has 0 bridgehead atoms. The molecule has 0 aliphatic carbocycles. The zero-order valence-corrected chi connectivity index (χ0v) is 10.5. The van der Waals surface area contributed by atoms with Gasteiger partial charge >= 0.3 is 0 Å². The number of rotatable bonds is 4. The van der Waals surface area contributed by atoms with E-state index in [4.69, 9.17) is 0 Å². The van der Waals surface area contributed by atoms with E-state index in [9.17, 15) is 19.3 Å². The second-order valence-electron chi connectivity index (χ2n) is 4.50. The summed E-state index contributed by atoms with van der Waals surface area (Å²) in [4.78, 5) is 23.5. The molecule has 98 valence electrons. The normalized spacial score (nSPS) is 10.5. The van der Waals surface area contributed by atoms with Crippen LogP contribution in [0.25, 0.3) is 0 Å². The Bertz CT molecular complexity index is 474. The van der Waals surface area contributed by atoms with E-state index in [2.05, 4.69) is 0 Å². The van der Waals surface area contributed by atoms with Crippen molar-refractivity contribution in [3.05, 3.63) is 39.7 Å². The lowest BCUT2D eigenvalue weighted by Gasteiger charge is -2.19. The van der Waals surface area contributed by atoms with Crippen molar-refractivity contribution in [3.63, 3.8) is 0 Å². The monoisotopic (exact) mass is 254 g/mol. The molecule has 0 aliphatic heterocycles. The van der Waals surface area contributed by atoms with E-state index in [1.807, 2.05) is 13.8 Å². The maximum Gasteiger partial charge on any atom is 0.282 e. The zero-order valence-electron chi connectivity index (χ0n) is 10.5. The fourth-order valence-electron chi connectivity index (χ4n) is 1.68. The third-order valence-electron chi connectivity index (χ3n) is 2.37. The minimum Gasteiger partial charge on any atom is -0.341 e. The highest BCUT2D eigenvalue weighted by Gasteiger charge is 2.23. The van der Waals surface area contributed by atoms with E-state index >= 15 is 0 Å². The smallest absolute Gasteiger partial charge is 0.282 e. The van der Waals surface area contributed by atoms with Crippen LogP contribution < -0.4 is 0 Å².